The van der Waals surface area contributed by atoms with Gasteiger partial charge in [-0.15, -0.1) is 0 Å². The number of nitrogens with zero attached hydrogens (tertiary/aromatic N) is 2. The lowest BCUT2D eigenvalue weighted by Crippen LogP contribution is -2.43. The van der Waals surface area contributed by atoms with E-state index in [0.717, 1.165) is 16.8 Å². The number of ether oxygens (including phenoxy) is 2. The summed E-state index contributed by atoms with van der Waals surface area (Å²) in [4.78, 5) is 28.4. The summed E-state index contributed by atoms with van der Waals surface area (Å²) in [5.74, 6) is -0.0422. The van der Waals surface area contributed by atoms with Crippen LogP contribution in [0.25, 0.3) is 0 Å². The minimum Gasteiger partial charge on any atom is -0.447 e. The molecule has 6 heteroatoms. The summed E-state index contributed by atoms with van der Waals surface area (Å²) in [6, 6.07) is 17.4. The number of fused-ring (bicyclic) bond motifs is 3. The second-order valence-corrected chi connectivity index (χ2v) is 6.81. The molecule has 0 N–H and O–H groups in total. The molecule has 0 saturated carbocycles. The van der Waals surface area contributed by atoms with E-state index in [1.54, 1.807) is 4.90 Å². The van der Waals surface area contributed by atoms with Crippen LogP contribution in [-0.4, -0.2) is 42.7 Å². The highest BCUT2D eigenvalue weighted by Gasteiger charge is 2.37. The summed E-state index contributed by atoms with van der Waals surface area (Å²) in [6.07, 6.45) is 0.378. The molecule has 1 fully saturated rings. The fourth-order valence-electron chi connectivity index (χ4n) is 3.57. The Morgan fingerprint density at radius 3 is 2.74 bits per heavy atom. The third-order valence-electron chi connectivity index (χ3n) is 5.00. The van der Waals surface area contributed by atoms with Crippen LogP contribution in [0.4, 0.5) is 10.5 Å². The predicted octanol–water partition coefficient (Wildman–Crippen LogP) is 2.96. The molecule has 2 aliphatic heterocycles. The van der Waals surface area contributed by atoms with Crippen LogP contribution in [0.2, 0.25) is 0 Å². The zero-order chi connectivity index (χ0) is 18.6. The molecule has 0 unspecified atom stereocenters. The molecule has 0 radical (unpaired) electrons. The highest BCUT2D eigenvalue weighted by molar-refractivity contribution is 5.91. The third kappa shape index (κ3) is 3.80. The summed E-state index contributed by atoms with van der Waals surface area (Å²) in [5.41, 5.74) is 2.81. The maximum absolute atomic E-state index is 12.7. The van der Waals surface area contributed by atoms with Crippen LogP contribution in [0.3, 0.4) is 0 Å². The van der Waals surface area contributed by atoms with Gasteiger partial charge in [0, 0.05) is 13.1 Å². The summed E-state index contributed by atoms with van der Waals surface area (Å²) < 4.78 is 10.9. The summed E-state index contributed by atoms with van der Waals surface area (Å²) in [7, 11) is 0. The number of cyclic esters (lactones) is 1. The molecule has 0 spiro atoms. The monoisotopic (exact) mass is 366 g/mol. The molecule has 2 heterocycles. The number of hydrogen-bond acceptors (Lipinski definition) is 4. The largest absolute Gasteiger partial charge is 0.447 e. The zero-order valence-electron chi connectivity index (χ0n) is 15.0. The Morgan fingerprint density at radius 2 is 1.89 bits per heavy atom. The molecule has 6 nitrogen and oxygen atoms in total. The number of hydrogen-bond donors (Lipinski definition) is 0. The van der Waals surface area contributed by atoms with E-state index < -0.39 is 0 Å². The van der Waals surface area contributed by atoms with Crippen LogP contribution < -0.4 is 4.90 Å². The van der Waals surface area contributed by atoms with Crippen molar-refractivity contribution in [3.8, 4) is 0 Å². The lowest BCUT2D eigenvalue weighted by atomic mass is 10.1. The average molecular weight is 366 g/mol. The Bertz CT molecular complexity index is 824. The summed E-state index contributed by atoms with van der Waals surface area (Å²) in [6.45, 7) is 1.84. The van der Waals surface area contributed by atoms with Crippen molar-refractivity contribution in [2.75, 3.05) is 24.7 Å². The smallest absolute Gasteiger partial charge is 0.414 e. The first-order valence-corrected chi connectivity index (χ1v) is 9.16. The topological polar surface area (TPSA) is 59.1 Å². The normalized spacial score (nSPS) is 19.0. The number of carbonyl (C=O) groups is 2. The Kier molecular flexibility index (Phi) is 5.07. The number of anilines is 1. The number of para-hydroxylation sites is 1. The third-order valence-corrected chi connectivity index (χ3v) is 5.00. The van der Waals surface area contributed by atoms with E-state index in [4.69, 9.17) is 9.47 Å². The maximum atomic E-state index is 12.7. The SMILES string of the molecule is O=C(COCc1ccccc1)N1CC[C@H]2COC(=O)N2c2ccccc2C1. The lowest BCUT2D eigenvalue weighted by Gasteiger charge is -2.32. The second-order valence-electron chi connectivity index (χ2n) is 6.81. The quantitative estimate of drug-likeness (QED) is 0.835. The van der Waals surface area contributed by atoms with Crippen LogP contribution in [0.1, 0.15) is 17.5 Å². The molecule has 2 amide bonds. The Labute approximate surface area is 158 Å². The van der Waals surface area contributed by atoms with E-state index in [2.05, 4.69) is 0 Å². The van der Waals surface area contributed by atoms with Gasteiger partial charge < -0.3 is 14.4 Å². The van der Waals surface area contributed by atoms with Crippen LogP contribution in [0.5, 0.6) is 0 Å². The maximum Gasteiger partial charge on any atom is 0.414 e. The summed E-state index contributed by atoms with van der Waals surface area (Å²) in [5, 5.41) is 0. The highest BCUT2D eigenvalue weighted by atomic mass is 16.6. The van der Waals surface area contributed by atoms with E-state index >= 15 is 0 Å². The van der Waals surface area contributed by atoms with Gasteiger partial charge in [0.15, 0.2) is 0 Å². The molecule has 1 atom stereocenters. The number of amides is 2. The average Bonchev–Trinajstić information content (AvgIpc) is 3.04. The molecule has 0 bridgehead atoms. The number of benzene rings is 2. The second kappa shape index (κ2) is 7.80. The molecule has 1 saturated heterocycles. The Balaban J connectivity index is 1.45. The molecule has 2 aromatic carbocycles. The van der Waals surface area contributed by atoms with Crippen molar-refractivity contribution in [2.24, 2.45) is 0 Å². The number of carbonyl (C=O) groups excluding carboxylic acids is 2. The van der Waals surface area contributed by atoms with Gasteiger partial charge in [0.25, 0.3) is 0 Å². The predicted molar refractivity (Wildman–Crippen MR) is 100 cm³/mol. The van der Waals surface area contributed by atoms with Gasteiger partial charge in [-0.3, -0.25) is 9.69 Å². The van der Waals surface area contributed by atoms with Crippen molar-refractivity contribution in [1.82, 2.24) is 4.90 Å². The Morgan fingerprint density at radius 1 is 1.11 bits per heavy atom. The highest BCUT2D eigenvalue weighted by Crippen LogP contribution is 2.31. The minimum atomic E-state index is -0.307. The molecule has 4 rings (SSSR count). The molecular formula is C21H22N2O4. The van der Waals surface area contributed by atoms with E-state index in [9.17, 15) is 9.59 Å². The van der Waals surface area contributed by atoms with E-state index in [0.29, 0.717) is 32.7 Å². The first kappa shape index (κ1) is 17.5. The molecule has 0 aliphatic carbocycles. The van der Waals surface area contributed by atoms with Crippen molar-refractivity contribution < 1.29 is 19.1 Å². The minimum absolute atomic E-state index is 0.0421. The fraction of sp³-hybridized carbons (Fsp3) is 0.333. The van der Waals surface area contributed by atoms with Crippen molar-refractivity contribution in [3.05, 3.63) is 65.7 Å². The van der Waals surface area contributed by atoms with E-state index in [-0.39, 0.29) is 24.6 Å². The fourth-order valence-corrected chi connectivity index (χ4v) is 3.57. The van der Waals surface area contributed by atoms with Crippen LogP contribution in [-0.2, 0) is 27.4 Å². The molecule has 0 aromatic heterocycles. The van der Waals surface area contributed by atoms with E-state index in [1.165, 1.54) is 0 Å². The molecule has 2 aliphatic rings. The van der Waals surface area contributed by atoms with Gasteiger partial charge in [0.05, 0.1) is 18.3 Å². The lowest BCUT2D eigenvalue weighted by molar-refractivity contribution is -0.137. The molecule has 2 aromatic rings. The van der Waals surface area contributed by atoms with Crippen molar-refractivity contribution in [3.63, 3.8) is 0 Å². The standard InChI is InChI=1S/C21H22N2O4/c24-20(15-26-13-16-6-2-1-3-7-16)22-11-10-18-14-27-21(25)23(18)19-9-5-4-8-17(19)12-22/h1-9,18H,10-15H2/t18-/m0/s1. The molecule has 27 heavy (non-hydrogen) atoms. The number of rotatable bonds is 4. The molecular weight excluding hydrogens is 344 g/mol. The van der Waals surface area contributed by atoms with Crippen molar-refractivity contribution in [1.29, 1.82) is 0 Å². The summed E-state index contributed by atoms with van der Waals surface area (Å²) >= 11 is 0. The molecule has 140 valence electrons. The van der Waals surface area contributed by atoms with Gasteiger partial charge in [0.1, 0.15) is 13.2 Å². The van der Waals surface area contributed by atoms with Gasteiger partial charge in [-0.25, -0.2) is 4.79 Å². The van der Waals surface area contributed by atoms with Crippen molar-refractivity contribution >= 4 is 17.7 Å². The Hall–Kier alpha value is -2.86. The van der Waals surface area contributed by atoms with Gasteiger partial charge in [-0.1, -0.05) is 48.5 Å². The van der Waals surface area contributed by atoms with Crippen LogP contribution in [0.15, 0.2) is 54.6 Å². The van der Waals surface area contributed by atoms with Crippen molar-refractivity contribution in [2.45, 2.75) is 25.6 Å². The van der Waals surface area contributed by atoms with E-state index in [1.807, 2.05) is 59.5 Å². The van der Waals surface area contributed by atoms with Crippen LogP contribution >= 0.6 is 0 Å². The first-order valence-electron chi connectivity index (χ1n) is 9.16. The van der Waals surface area contributed by atoms with Gasteiger partial charge in [-0.05, 0) is 23.6 Å². The van der Waals surface area contributed by atoms with Gasteiger partial charge in [0.2, 0.25) is 5.91 Å². The zero-order valence-corrected chi connectivity index (χ0v) is 15.0. The van der Waals surface area contributed by atoms with Gasteiger partial charge >= 0.3 is 6.09 Å². The first-order chi connectivity index (χ1) is 13.2. The van der Waals surface area contributed by atoms with Crippen LogP contribution in [0, 0.1) is 0 Å². The van der Waals surface area contributed by atoms with Gasteiger partial charge in [-0.2, -0.15) is 0 Å².